The van der Waals surface area contributed by atoms with Gasteiger partial charge in [0.05, 0.1) is 6.21 Å². The average Bonchev–Trinajstić information content (AvgIpc) is 2.17. The molecule has 0 aromatic heterocycles. The molecule has 3 N–H and O–H groups in total. The molecule has 15 heavy (non-hydrogen) atoms. The molecule has 0 spiro atoms. The number of rotatable bonds is 2. The number of urea groups is 1. The van der Waals surface area contributed by atoms with Crippen molar-refractivity contribution in [3.05, 3.63) is 34.4 Å². The second-order valence-corrected chi connectivity index (χ2v) is 3.47. The Morgan fingerprint density at radius 2 is 1.93 bits per heavy atom. The number of amides is 2. The molecule has 0 aliphatic heterocycles. The first-order chi connectivity index (χ1) is 7.02. The van der Waals surface area contributed by atoms with Crippen molar-refractivity contribution in [1.29, 1.82) is 0 Å². The van der Waals surface area contributed by atoms with Crippen molar-refractivity contribution in [2.75, 3.05) is 0 Å². The number of nitrogens with one attached hydrogen (secondary N) is 1. The second kappa shape index (κ2) is 4.59. The van der Waals surface area contributed by atoms with Crippen LogP contribution in [0.5, 0.6) is 0 Å². The zero-order chi connectivity index (χ0) is 11.4. The van der Waals surface area contributed by atoms with Gasteiger partial charge in [0.1, 0.15) is 0 Å². The minimum atomic E-state index is -0.658. The molecule has 80 valence electrons. The van der Waals surface area contributed by atoms with Gasteiger partial charge in [0, 0.05) is 5.56 Å². The van der Waals surface area contributed by atoms with E-state index in [1.807, 2.05) is 26.8 Å². The Morgan fingerprint density at radius 1 is 1.33 bits per heavy atom. The molecule has 0 saturated carbocycles. The van der Waals surface area contributed by atoms with E-state index in [2.05, 4.69) is 16.6 Å². The predicted octanol–water partition coefficient (Wildman–Crippen LogP) is 1.61. The fourth-order valence-electron chi connectivity index (χ4n) is 1.33. The van der Waals surface area contributed by atoms with Gasteiger partial charge in [0.15, 0.2) is 0 Å². The Balaban J connectivity index is 2.98. The molecule has 2 amide bonds. The van der Waals surface area contributed by atoms with Crippen LogP contribution in [0.15, 0.2) is 17.2 Å². The molecule has 1 aromatic carbocycles. The Kier molecular flexibility index (Phi) is 3.44. The lowest BCUT2D eigenvalue weighted by atomic mass is 9.99. The lowest BCUT2D eigenvalue weighted by molar-refractivity contribution is 0.249. The van der Waals surface area contributed by atoms with Crippen LogP contribution in [0.1, 0.15) is 22.3 Å². The Hall–Kier alpha value is -1.84. The quantitative estimate of drug-likeness (QED) is 0.559. The average molecular weight is 205 g/mol. The van der Waals surface area contributed by atoms with E-state index in [-0.39, 0.29) is 0 Å². The minimum absolute atomic E-state index is 0.658. The van der Waals surface area contributed by atoms with E-state index in [0.29, 0.717) is 0 Å². The van der Waals surface area contributed by atoms with Crippen LogP contribution in [0.3, 0.4) is 0 Å². The van der Waals surface area contributed by atoms with Crippen LogP contribution < -0.4 is 11.2 Å². The summed E-state index contributed by atoms with van der Waals surface area (Å²) in [5.74, 6) is 0. The molecule has 0 aliphatic carbocycles. The smallest absolute Gasteiger partial charge is 0.332 e. The normalized spacial score (nSPS) is 10.6. The molecule has 1 rings (SSSR count). The number of carbonyl (C=O) groups is 1. The van der Waals surface area contributed by atoms with Gasteiger partial charge in [-0.05, 0) is 37.5 Å². The van der Waals surface area contributed by atoms with Crippen LogP contribution in [-0.2, 0) is 0 Å². The molecule has 0 aliphatic rings. The van der Waals surface area contributed by atoms with Crippen LogP contribution >= 0.6 is 0 Å². The van der Waals surface area contributed by atoms with Crippen molar-refractivity contribution >= 4 is 12.2 Å². The SMILES string of the molecule is Cc1ccc(C)c(/C=N/NC(N)=O)c1C. The Bertz CT molecular complexity index is 411. The Morgan fingerprint density at radius 3 is 2.53 bits per heavy atom. The number of nitrogens with zero attached hydrogens (tertiary/aromatic N) is 1. The first kappa shape index (κ1) is 11.2. The van der Waals surface area contributed by atoms with Crippen LogP contribution in [-0.4, -0.2) is 12.2 Å². The van der Waals surface area contributed by atoms with Crippen molar-refractivity contribution < 1.29 is 4.79 Å². The summed E-state index contributed by atoms with van der Waals surface area (Å²) in [4.78, 5) is 10.4. The number of carbonyl (C=O) groups excluding carboxylic acids is 1. The van der Waals surface area contributed by atoms with Gasteiger partial charge < -0.3 is 5.73 Å². The van der Waals surface area contributed by atoms with Crippen molar-refractivity contribution in [2.24, 2.45) is 10.8 Å². The topological polar surface area (TPSA) is 67.5 Å². The number of hydrazone groups is 1. The molecule has 0 bridgehead atoms. The van der Waals surface area contributed by atoms with Crippen LogP contribution in [0.2, 0.25) is 0 Å². The van der Waals surface area contributed by atoms with E-state index >= 15 is 0 Å². The monoisotopic (exact) mass is 205 g/mol. The van der Waals surface area contributed by atoms with Gasteiger partial charge in [0.2, 0.25) is 0 Å². The van der Waals surface area contributed by atoms with Gasteiger partial charge in [0.25, 0.3) is 0 Å². The summed E-state index contributed by atoms with van der Waals surface area (Å²) in [5, 5.41) is 3.75. The largest absolute Gasteiger partial charge is 0.350 e. The highest BCUT2D eigenvalue weighted by molar-refractivity contribution is 5.85. The van der Waals surface area contributed by atoms with Crippen molar-refractivity contribution in [3.8, 4) is 0 Å². The number of hydrogen-bond donors (Lipinski definition) is 2. The van der Waals surface area contributed by atoms with Gasteiger partial charge >= 0.3 is 6.03 Å². The summed E-state index contributed by atoms with van der Waals surface area (Å²) in [6, 6.07) is 3.42. The minimum Gasteiger partial charge on any atom is -0.350 e. The molecule has 4 nitrogen and oxygen atoms in total. The molecule has 0 heterocycles. The summed E-state index contributed by atoms with van der Waals surface area (Å²) in [6.45, 7) is 6.06. The summed E-state index contributed by atoms with van der Waals surface area (Å²) in [5.41, 5.74) is 11.6. The number of benzene rings is 1. The zero-order valence-corrected chi connectivity index (χ0v) is 9.16. The molecule has 0 atom stereocenters. The fourth-order valence-corrected chi connectivity index (χ4v) is 1.33. The number of hydrogen-bond acceptors (Lipinski definition) is 2. The lowest BCUT2D eigenvalue weighted by Gasteiger charge is -2.07. The summed E-state index contributed by atoms with van der Waals surface area (Å²) in [6.07, 6.45) is 1.61. The van der Waals surface area contributed by atoms with E-state index in [1.54, 1.807) is 6.21 Å². The standard InChI is InChI=1S/C11H15N3O/c1-7-4-5-8(2)10(9(7)3)6-13-14-11(12)15/h4-6H,1-3H3,(H3,12,14,15)/b13-6+. The maximum Gasteiger partial charge on any atom is 0.332 e. The highest BCUT2D eigenvalue weighted by atomic mass is 16.2. The third kappa shape index (κ3) is 2.80. The van der Waals surface area contributed by atoms with Crippen LogP contribution in [0.25, 0.3) is 0 Å². The number of primary amides is 1. The van der Waals surface area contributed by atoms with Crippen LogP contribution in [0, 0.1) is 20.8 Å². The van der Waals surface area contributed by atoms with Gasteiger partial charge in [-0.15, -0.1) is 0 Å². The van der Waals surface area contributed by atoms with E-state index in [4.69, 9.17) is 5.73 Å². The molecule has 0 radical (unpaired) electrons. The van der Waals surface area contributed by atoms with E-state index in [1.165, 1.54) is 5.56 Å². The first-order valence-electron chi connectivity index (χ1n) is 4.67. The van der Waals surface area contributed by atoms with Gasteiger partial charge in [-0.1, -0.05) is 12.1 Å². The highest BCUT2D eigenvalue weighted by Gasteiger charge is 2.02. The van der Waals surface area contributed by atoms with Crippen LogP contribution in [0.4, 0.5) is 4.79 Å². The molecule has 0 unspecified atom stereocenters. The molecule has 4 heteroatoms. The molecular formula is C11H15N3O. The van der Waals surface area contributed by atoms with Gasteiger partial charge in [-0.3, -0.25) is 0 Å². The van der Waals surface area contributed by atoms with E-state index in [9.17, 15) is 4.79 Å². The molecular weight excluding hydrogens is 190 g/mol. The number of nitrogens with two attached hydrogens (primary N) is 1. The maximum atomic E-state index is 10.4. The first-order valence-corrected chi connectivity index (χ1v) is 4.67. The predicted molar refractivity (Wildman–Crippen MR) is 61.0 cm³/mol. The van der Waals surface area contributed by atoms with Crippen molar-refractivity contribution in [2.45, 2.75) is 20.8 Å². The summed E-state index contributed by atoms with van der Waals surface area (Å²) >= 11 is 0. The summed E-state index contributed by atoms with van der Waals surface area (Å²) < 4.78 is 0. The molecule has 0 saturated heterocycles. The van der Waals surface area contributed by atoms with Crippen molar-refractivity contribution in [1.82, 2.24) is 5.43 Å². The fraction of sp³-hybridized carbons (Fsp3) is 0.273. The highest BCUT2D eigenvalue weighted by Crippen LogP contribution is 2.15. The third-order valence-corrected chi connectivity index (χ3v) is 2.37. The van der Waals surface area contributed by atoms with Crippen molar-refractivity contribution in [3.63, 3.8) is 0 Å². The number of aryl methyl sites for hydroxylation is 2. The zero-order valence-electron chi connectivity index (χ0n) is 9.16. The Labute approximate surface area is 89.2 Å². The van der Waals surface area contributed by atoms with E-state index < -0.39 is 6.03 Å². The van der Waals surface area contributed by atoms with Gasteiger partial charge in [-0.2, -0.15) is 5.10 Å². The summed E-state index contributed by atoms with van der Waals surface area (Å²) in [7, 11) is 0. The lowest BCUT2D eigenvalue weighted by Crippen LogP contribution is -2.24. The van der Waals surface area contributed by atoms with E-state index in [0.717, 1.165) is 16.7 Å². The van der Waals surface area contributed by atoms with Gasteiger partial charge in [-0.25, -0.2) is 10.2 Å². The second-order valence-electron chi connectivity index (χ2n) is 3.47. The maximum absolute atomic E-state index is 10.4. The molecule has 0 fully saturated rings. The third-order valence-electron chi connectivity index (χ3n) is 2.37. The molecule has 1 aromatic rings.